The number of likely N-dealkylation sites (N-methyl/N-ethyl adjacent to an activating group) is 1. The summed E-state index contributed by atoms with van der Waals surface area (Å²) >= 11 is 0. The first-order chi connectivity index (χ1) is 7.04. The summed E-state index contributed by atoms with van der Waals surface area (Å²) in [5.74, 6) is -0.0562. The molecule has 1 amide bonds. The van der Waals surface area contributed by atoms with E-state index in [9.17, 15) is 4.79 Å². The number of carbonyl (C=O) groups is 1. The summed E-state index contributed by atoms with van der Waals surface area (Å²) in [4.78, 5) is 17.2. The molecule has 0 aliphatic carbocycles. The minimum atomic E-state index is -0.459. The summed E-state index contributed by atoms with van der Waals surface area (Å²) in [5, 5.41) is 0. The zero-order valence-corrected chi connectivity index (χ0v) is 10.6. The zero-order valence-electron chi connectivity index (χ0n) is 9.75. The lowest BCUT2D eigenvalue weighted by molar-refractivity contribution is -0.132. The zero-order chi connectivity index (χ0) is 11.4. The minimum absolute atomic E-state index is 0. The Bertz CT molecular complexity index is 329. The van der Waals surface area contributed by atoms with Crippen molar-refractivity contribution in [1.29, 1.82) is 0 Å². The van der Waals surface area contributed by atoms with Gasteiger partial charge in [-0.05, 0) is 31.5 Å². The Morgan fingerprint density at radius 2 is 1.88 bits per heavy atom. The topological polar surface area (TPSA) is 59.2 Å². The Morgan fingerprint density at radius 1 is 1.38 bits per heavy atom. The molecule has 0 bridgehead atoms. The molecule has 0 aliphatic rings. The van der Waals surface area contributed by atoms with E-state index in [1.165, 1.54) is 0 Å². The van der Waals surface area contributed by atoms with E-state index < -0.39 is 6.04 Å². The lowest BCUT2D eigenvalue weighted by Crippen LogP contribution is -2.40. The molecule has 1 heterocycles. The average molecular weight is 244 g/mol. The van der Waals surface area contributed by atoms with Crippen LogP contribution in [0.2, 0.25) is 0 Å². The van der Waals surface area contributed by atoms with Crippen molar-refractivity contribution in [2.45, 2.75) is 25.9 Å². The molecular formula is C11H18ClN3O. The number of hydrogen-bond acceptors (Lipinski definition) is 3. The van der Waals surface area contributed by atoms with Gasteiger partial charge >= 0.3 is 0 Å². The van der Waals surface area contributed by atoms with Gasteiger partial charge in [-0.25, -0.2) is 0 Å². The van der Waals surface area contributed by atoms with Crippen molar-refractivity contribution in [2.75, 3.05) is 7.05 Å². The standard InChI is InChI=1S/C11H17N3O.ClH/c1-8(12)11(15)14(3)9(2)10-4-6-13-7-5-10;/h4-9H,12H2,1-3H3;1H. The van der Waals surface area contributed by atoms with Crippen molar-refractivity contribution < 1.29 is 4.79 Å². The maximum Gasteiger partial charge on any atom is 0.239 e. The van der Waals surface area contributed by atoms with Gasteiger partial charge in [0.05, 0.1) is 12.1 Å². The van der Waals surface area contributed by atoms with E-state index in [2.05, 4.69) is 4.98 Å². The maximum absolute atomic E-state index is 11.6. The number of pyridine rings is 1. The van der Waals surface area contributed by atoms with Gasteiger partial charge in [0, 0.05) is 19.4 Å². The molecule has 2 N–H and O–H groups in total. The summed E-state index contributed by atoms with van der Waals surface area (Å²) < 4.78 is 0. The Kier molecular flexibility index (Phi) is 6.00. The second-order valence-electron chi connectivity index (χ2n) is 3.69. The van der Waals surface area contributed by atoms with Crippen molar-refractivity contribution in [3.63, 3.8) is 0 Å². The summed E-state index contributed by atoms with van der Waals surface area (Å²) in [7, 11) is 1.76. The van der Waals surface area contributed by atoms with Crippen LogP contribution in [0.25, 0.3) is 0 Å². The van der Waals surface area contributed by atoms with Crippen molar-refractivity contribution in [3.05, 3.63) is 30.1 Å². The van der Waals surface area contributed by atoms with Crippen molar-refractivity contribution in [1.82, 2.24) is 9.88 Å². The highest BCUT2D eigenvalue weighted by molar-refractivity contribution is 5.85. The molecule has 2 unspecified atom stereocenters. The summed E-state index contributed by atoms with van der Waals surface area (Å²) in [6, 6.07) is 3.36. The third kappa shape index (κ3) is 3.47. The number of hydrogen-bond donors (Lipinski definition) is 1. The molecule has 0 saturated heterocycles. The van der Waals surface area contributed by atoms with Gasteiger partial charge in [0.25, 0.3) is 0 Å². The number of nitrogens with two attached hydrogens (primary N) is 1. The molecule has 0 fully saturated rings. The van der Waals surface area contributed by atoms with E-state index in [1.807, 2.05) is 19.1 Å². The van der Waals surface area contributed by atoms with Crippen LogP contribution in [0.4, 0.5) is 0 Å². The van der Waals surface area contributed by atoms with Crippen LogP contribution in [0.3, 0.4) is 0 Å². The molecule has 1 aromatic heterocycles. The van der Waals surface area contributed by atoms with E-state index in [0.717, 1.165) is 5.56 Å². The number of nitrogens with zero attached hydrogens (tertiary/aromatic N) is 2. The lowest BCUT2D eigenvalue weighted by atomic mass is 10.1. The predicted octanol–water partition coefficient (Wildman–Crippen LogP) is 1.37. The highest BCUT2D eigenvalue weighted by Crippen LogP contribution is 2.17. The van der Waals surface area contributed by atoms with Crippen molar-refractivity contribution >= 4 is 18.3 Å². The highest BCUT2D eigenvalue weighted by Gasteiger charge is 2.19. The third-order valence-corrected chi connectivity index (χ3v) is 2.51. The molecule has 2 atom stereocenters. The molecular weight excluding hydrogens is 226 g/mol. The molecule has 1 aromatic rings. The lowest BCUT2D eigenvalue weighted by Gasteiger charge is -2.26. The first kappa shape index (κ1) is 14.9. The normalized spacial score (nSPS) is 13.5. The van der Waals surface area contributed by atoms with Gasteiger partial charge in [0.2, 0.25) is 5.91 Å². The molecule has 1 rings (SSSR count). The van der Waals surface area contributed by atoms with Gasteiger partial charge in [0.15, 0.2) is 0 Å². The Balaban J connectivity index is 0.00000225. The van der Waals surface area contributed by atoms with Crippen LogP contribution in [0.5, 0.6) is 0 Å². The second kappa shape index (κ2) is 6.45. The van der Waals surface area contributed by atoms with E-state index in [4.69, 9.17) is 5.73 Å². The largest absolute Gasteiger partial charge is 0.338 e. The minimum Gasteiger partial charge on any atom is -0.338 e. The van der Waals surface area contributed by atoms with Crippen LogP contribution in [0.1, 0.15) is 25.5 Å². The first-order valence-corrected chi connectivity index (χ1v) is 4.96. The van der Waals surface area contributed by atoms with Crippen LogP contribution in [0, 0.1) is 0 Å². The van der Waals surface area contributed by atoms with E-state index in [-0.39, 0.29) is 24.4 Å². The number of carbonyl (C=O) groups excluding carboxylic acids is 1. The molecule has 0 saturated carbocycles. The monoisotopic (exact) mass is 243 g/mol. The first-order valence-electron chi connectivity index (χ1n) is 4.96. The molecule has 90 valence electrons. The molecule has 0 aromatic carbocycles. The molecule has 4 nitrogen and oxygen atoms in total. The van der Waals surface area contributed by atoms with E-state index in [0.29, 0.717) is 0 Å². The Hall–Kier alpha value is -1.13. The fourth-order valence-electron chi connectivity index (χ4n) is 1.38. The van der Waals surface area contributed by atoms with Gasteiger partial charge in [0.1, 0.15) is 0 Å². The van der Waals surface area contributed by atoms with Crippen molar-refractivity contribution in [2.24, 2.45) is 5.73 Å². The van der Waals surface area contributed by atoms with Gasteiger partial charge in [-0.15, -0.1) is 12.4 Å². The number of halogens is 1. The SMILES string of the molecule is CC(N)C(=O)N(C)C(C)c1ccncc1.Cl. The maximum atomic E-state index is 11.6. The molecule has 0 radical (unpaired) electrons. The second-order valence-corrected chi connectivity index (χ2v) is 3.69. The van der Waals surface area contributed by atoms with Crippen molar-refractivity contribution in [3.8, 4) is 0 Å². The van der Waals surface area contributed by atoms with Gasteiger partial charge in [-0.1, -0.05) is 0 Å². The number of amides is 1. The molecule has 5 heteroatoms. The Morgan fingerprint density at radius 3 is 2.31 bits per heavy atom. The average Bonchev–Trinajstić information content (AvgIpc) is 2.27. The van der Waals surface area contributed by atoms with Crippen LogP contribution < -0.4 is 5.73 Å². The van der Waals surface area contributed by atoms with Gasteiger partial charge < -0.3 is 10.6 Å². The molecule has 16 heavy (non-hydrogen) atoms. The summed E-state index contributed by atoms with van der Waals surface area (Å²) in [5.41, 5.74) is 6.61. The third-order valence-electron chi connectivity index (χ3n) is 2.51. The van der Waals surface area contributed by atoms with E-state index in [1.54, 1.807) is 31.3 Å². The number of aromatic nitrogens is 1. The Labute approximate surface area is 102 Å². The highest BCUT2D eigenvalue weighted by atomic mass is 35.5. The molecule has 0 aliphatic heterocycles. The fraction of sp³-hybridized carbons (Fsp3) is 0.455. The molecule has 0 spiro atoms. The van der Waals surface area contributed by atoms with Crippen LogP contribution >= 0.6 is 12.4 Å². The van der Waals surface area contributed by atoms with Crippen LogP contribution in [0.15, 0.2) is 24.5 Å². The fourth-order valence-corrected chi connectivity index (χ4v) is 1.38. The summed E-state index contributed by atoms with van der Waals surface area (Å²) in [6.45, 7) is 3.66. The number of rotatable bonds is 3. The smallest absolute Gasteiger partial charge is 0.239 e. The van der Waals surface area contributed by atoms with Crippen LogP contribution in [-0.2, 0) is 4.79 Å². The van der Waals surface area contributed by atoms with Gasteiger partial charge in [-0.3, -0.25) is 9.78 Å². The summed E-state index contributed by atoms with van der Waals surface area (Å²) in [6.07, 6.45) is 3.44. The van der Waals surface area contributed by atoms with E-state index >= 15 is 0 Å². The van der Waals surface area contributed by atoms with Gasteiger partial charge in [-0.2, -0.15) is 0 Å². The van der Waals surface area contributed by atoms with Crippen LogP contribution in [-0.4, -0.2) is 28.9 Å². The quantitative estimate of drug-likeness (QED) is 0.872. The predicted molar refractivity (Wildman–Crippen MR) is 66.3 cm³/mol.